The molecule has 3 rings (SSSR count). The monoisotopic (exact) mass is 256 g/mol. The number of nitrogens with one attached hydrogen (secondary N) is 1. The second-order valence-corrected chi connectivity index (χ2v) is 5.36. The summed E-state index contributed by atoms with van der Waals surface area (Å²) in [6, 6.07) is 8.90. The first-order valence-corrected chi connectivity index (χ1v) is 6.79. The summed E-state index contributed by atoms with van der Waals surface area (Å²) in [4.78, 5) is 0. The van der Waals surface area contributed by atoms with E-state index in [9.17, 15) is 0 Å². The number of aryl methyl sites for hydroxylation is 2. The Labute approximate surface area is 113 Å². The van der Waals surface area contributed by atoms with E-state index in [0.29, 0.717) is 5.92 Å². The maximum Gasteiger partial charge on any atom is 0.0538 e. The lowest BCUT2D eigenvalue weighted by atomic mass is 9.79. The molecule has 0 bridgehead atoms. The highest BCUT2D eigenvalue weighted by atomic mass is 15.3. The quantitative estimate of drug-likeness (QED) is 0.649. The molecule has 2 aromatic rings. The van der Waals surface area contributed by atoms with E-state index in [-0.39, 0.29) is 6.04 Å². The topological polar surface area (TPSA) is 55.9 Å². The van der Waals surface area contributed by atoms with Crippen molar-refractivity contribution in [1.82, 2.24) is 15.2 Å². The van der Waals surface area contributed by atoms with Crippen LogP contribution in [0.15, 0.2) is 36.7 Å². The third-order valence-electron chi connectivity index (χ3n) is 4.12. The maximum atomic E-state index is 5.78. The Morgan fingerprint density at radius 2 is 2.16 bits per heavy atom. The van der Waals surface area contributed by atoms with Gasteiger partial charge in [0.1, 0.15) is 0 Å². The van der Waals surface area contributed by atoms with Crippen LogP contribution in [0, 0.1) is 5.92 Å². The molecule has 0 aliphatic heterocycles. The van der Waals surface area contributed by atoms with Gasteiger partial charge in [0, 0.05) is 18.8 Å². The van der Waals surface area contributed by atoms with Gasteiger partial charge in [-0.1, -0.05) is 24.3 Å². The SMILES string of the molecule is Cn1cc(C(NN)C2CCc3ccccc3C2)cn1. The summed E-state index contributed by atoms with van der Waals surface area (Å²) in [6.45, 7) is 0. The molecule has 0 spiro atoms. The Kier molecular flexibility index (Phi) is 3.36. The van der Waals surface area contributed by atoms with E-state index in [1.807, 2.05) is 24.1 Å². The van der Waals surface area contributed by atoms with E-state index in [1.165, 1.54) is 23.1 Å². The highest BCUT2D eigenvalue weighted by molar-refractivity contribution is 5.30. The van der Waals surface area contributed by atoms with Gasteiger partial charge in [0.25, 0.3) is 0 Å². The molecule has 4 heteroatoms. The number of nitrogens with zero attached hydrogens (tertiary/aromatic N) is 2. The fourth-order valence-electron chi connectivity index (χ4n) is 3.12. The van der Waals surface area contributed by atoms with Gasteiger partial charge in [-0.25, -0.2) is 0 Å². The lowest BCUT2D eigenvalue weighted by Crippen LogP contribution is -2.35. The van der Waals surface area contributed by atoms with Crippen molar-refractivity contribution < 1.29 is 0 Å². The number of hydrogen-bond donors (Lipinski definition) is 2. The average molecular weight is 256 g/mol. The van der Waals surface area contributed by atoms with Crippen LogP contribution in [-0.2, 0) is 19.9 Å². The number of hydrazine groups is 1. The van der Waals surface area contributed by atoms with Crippen LogP contribution >= 0.6 is 0 Å². The molecule has 2 atom stereocenters. The summed E-state index contributed by atoms with van der Waals surface area (Å²) in [5.74, 6) is 6.31. The predicted molar refractivity (Wildman–Crippen MR) is 75.2 cm³/mol. The van der Waals surface area contributed by atoms with E-state index in [2.05, 4.69) is 34.8 Å². The first kappa shape index (κ1) is 12.4. The summed E-state index contributed by atoms with van der Waals surface area (Å²) < 4.78 is 1.83. The summed E-state index contributed by atoms with van der Waals surface area (Å²) in [6.07, 6.45) is 7.34. The van der Waals surface area contributed by atoms with Crippen molar-refractivity contribution in [1.29, 1.82) is 0 Å². The minimum Gasteiger partial charge on any atom is -0.275 e. The van der Waals surface area contributed by atoms with Crippen molar-refractivity contribution >= 4 is 0 Å². The number of aromatic nitrogens is 2. The van der Waals surface area contributed by atoms with E-state index in [4.69, 9.17) is 5.84 Å². The molecule has 3 N–H and O–H groups in total. The molecule has 1 aliphatic carbocycles. The zero-order valence-electron chi connectivity index (χ0n) is 11.2. The normalized spacial score (nSPS) is 20.0. The van der Waals surface area contributed by atoms with Crippen molar-refractivity contribution in [2.24, 2.45) is 18.8 Å². The van der Waals surface area contributed by atoms with Gasteiger partial charge in [-0.3, -0.25) is 16.0 Å². The number of nitrogens with two attached hydrogens (primary N) is 1. The second-order valence-electron chi connectivity index (χ2n) is 5.36. The Morgan fingerprint density at radius 3 is 2.84 bits per heavy atom. The maximum absolute atomic E-state index is 5.78. The van der Waals surface area contributed by atoms with Gasteiger partial charge in [-0.2, -0.15) is 5.10 Å². The molecular weight excluding hydrogens is 236 g/mol. The zero-order chi connectivity index (χ0) is 13.2. The van der Waals surface area contributed by atoms with Crippen molar-refractivity contribution in [3.05, 3.63) is 53.3 Å². The van der Waals surface area contributed by atoms with Crippen molar-refractivity contribution in [3.63, 3.8) is 0 Å². The Morgan fingerprint density at radius 1 is 1.37 bits per heavy atom. The minimum absolute atomic E-state index is 0.182. The molecule has 4 nitrogen and oxygen atoms in total. The van der Waals surface area contributed by atoms with Crippen LogP contribution < -0.4 is 11.3 Å². The molecule has 1 aliphatic rings. The Hall–Kier alpha value is -1.65. The van der Waals surface area contributed by atoms with Crippen molar-refractivity contribution in [2.45, 2.75) is 25.3 Å². The number of fused-ring (bicyclic) bond motifs is 1. The fourth-order valence-corrected chi connectivity index (χ4v) is 3.12. The first-order chi connectivity index (χ1) is 9.28. The summed E-state index contributed by atoms with van der Waals surface area (Å²) in [7, 11) is 1.94. The Bertz CT molecular complexity index is 561. The molecule has 1 aromatic carbocycles. The third kappa shape index (κ3) is 2.41. The largest absolute Gasteiger partial charge is 0.275 e. The van der Waals surface area contributed by atoms with Crippen molar-refractivity contribution in [3.8, 4) is 0 Å². The lowest BCUT2D eigenvalue weighted by molar-refractivity contribution is 0.329. The van der Waals surface area contributed by atoms with Crippen molar-refractivity contribution in [2.75, 3.05) is 0 Å². The standard InChI is InChI=1S/C15H20N4/c1-19-10-14(9-17-19)15(18-16)13-7-6-11-4-2-3-5-12(11)8-13/h2-5,9-10,13,15,18H,6-8,16H2,1H3. The summed E-state index contributed by atoms with van der Waals surface area (Å²) in [5.41, 5.74) is 7.10. The average Bonchev–Trinajstić information content (AvgIpc) is 2.86. The number of benzene rings is 1. The molecule has 0 radical (unpaired) electrons. The van der Waals surface area contributed by atoms with E-state index >= 15 is 0 Å². The second kappa shape index (κ2) is 5.15. The number of rotatable bonds is 3. The fraction of sp³-hybridized carbons (Fsp3) is 0.400. The van der Waals surface area contributed by atoms with Gasteiger partial charge < -0.3 is 0 Å². The van der Waals surface area contributed by atoms with Crippen LogP contribution in [0.5, 0.6) is 0 Å². The molecule has 0 amide bonds. The summed E-state index contributed by atoms with van der Waals surface area (Å²) in [5, 5.41) is 4.25. The lowest BCUT2D eigenvalue weighted by Gasteiger charge is -2.30. The molecule has 1 heterocycles. The Balaban J connectivity index is 1.83. The molecule has 2 unspecified atom stereocenters. The van der Waals surface area contributed by atoms with Crippen LogP contribution in [0.3, 0.4) is 0 Å². The molecule has 1 aromatic heterocycles. The summed E-state index contributed by atoms with van der Waals surface area (Å²) >= 11 is 0. The molecule has 0 fully saturated rings. The zero-order valence-corrected chi connectivity index (χ0v) is 11.2. The molecular formula is C15H20N4. The van der Waals surface area contributed by atoms with E-state index < -0.39 is 0 Å². The van der Waals surface area contributed by atoms with Gasteiger partial charge in [-0.05, 0) is 36.3 Å². The first-order valence-electron chi connectivity index (χ1n) is 6.79. The van der Waals surface area contributed by atoms with E-state index in [1.54, 1.807) is 0 Å². The highest BCUT2D eigenvalue weighted by Crippen LogP contribution is 2.33. The van der Waals surface area contributed by atoms with Crippen LogP contribution in [0.2, 0.25) is 0 Å². The minimum atomic E-state index is 0.182. The third-order valence-corrected chi connectivity index (χ3v) is 4.12. The molecule has 100 valence electrons. The van der Waals surface area contributed by atoms with Gasteiger partial charge in [0.2, 0.25) is 0 Å². The van der Waals surface area contributed by atoms with Gasteiger partial charge >= 0.3 is 0 Å². The number of hydrogen-bond acceptors (Lipinski definition) is 3. The van der Waals surface area contributed by atoms with Gasteiger partial charge in [0.05, 0.1) is 12.2 Å². The van der Waals surface area contributed by atoms with Gasteiger partial charge in [0.15, 0.2) is 0 Å². The molecule has 0 saturated carbocycles. The highest BCUT2D eigenvalue weighted by Gasteiger charge is 2.27. The van der Waals surface area contributed by atoms with Crippen LogP contribution in [0.25, 0.3) is 0 Å². The van der Waals surface area contributed by atoms with Crippen LogP contribution in [-0.4, -0.2) is 9.78 Å². The molecule has 0 saturated heterocycles. The van der Waals surface area contributed by atoms with Gasteiger partial charge in [-0.15, -0.1) is 0 Å². The van der Waals surface area contributed by atoms with Crippen LogP contribution in [0.1, 0.15) is 29.2 Å². The smallest absolute Gasteiger partial charge is 0.0538 e. The predicted octanol–water partition coefficient (Wildman–Crippen LogP) is 1.73. The molecule has 19 heavy (non-hydrogen) atoms. The van der Waals surface area contributed by atoms with E-state index in [0.717, 1.165) is 12.8 Å². The van der Waals surface area contributed by atoms with Crippen LogP contribution in [0.4, 0.5) is 0 Å².